The van der Waals surface area contributed by atoms with Crippen molar-refractivity contribution < 1.29 is 9.15 Å². The van der Waals surface area contributed by atoms with Crippen molar-refractivity contribution in [3.05, 3.63) is 23.7 Å². The summed E-state index contributed by atoms with van der Waals surface area (Å²) in [6.45, 7) is 11.9. The van der Waals surface area contributed by atoms with Gasteiger partial charge in [0.25, 0.3) is 0 Å². The molecule has 0 atom stereocenters. The molecule has 0 aromatic carbocycles. The molecule has 3 heteroatoms. The lowest BCUT2D eigenvalue weighted by Gasteiger charge is -2.09. The average Bonchev–Trinajstić information content (AvgIpc) is 2.65. The minimum atomic E-state index is 0.574. The monoisotopic (exact) mass is 239 g/mol. The Balaban J connectivity index is 2.32. The number of ether oxygens (including phenoxy) is 1. The molecule has 98 valence electrons. The van der Waals surface area contributed by atoms with Gasteiger partial charge in [-0.2, -0.15) is 0 Å². The summed E-state index contributed by atoms with van der Waals surface area (Å²) in [5.41, 5.74) is 1.15. The molecule has 0 aliphatic carbocycles. The molecule has 1 heterocycles. The molecule has 0 aliphatic heterocycles. The van der Waals surface area contributed by atoms with Gasteiger partial charge in [0.05, 0.1) is 19.4 Å². The van der Waals surface area contributed by atoms with E-state index in [1.807, 2.05) is 6.07 Å². The first-order chi connectivity index (χ1) is 8.09. The highest BCUT2D eigenvalue weighted by Gasteiger charge is 2.06. The molecule has 0 fully saturated rings. The van der Waals surface area contributed by atoms with E-state index in [1.165, 1.54) is 0 Å². The maximum Gasteiger partial charge on any atom is 0.123 e. The summed E-state index contributed by atoms with van der Waals surface area (Å²) in [4.78, 5) is 0. The second-order valence-electron chi connectivity index (χ2n) is 5.30. The first-order valence-electron chi connectivity index (χ1n) is 6.43. The lowest BCUT2D eigenvalue weighted by molar-refractivity contribution is 0.0959. The third kappa shape index (κ3) is 5.89. The zero-order chi connectivity index (χ0) is 12.7. The number of nitrogens with one attached hydrogen (secondary N) is 1. The van der Waals surface area contributed by atoms with Gasteiger partial charge in [0.15, 0.2) is 0 Å². The molecular weight excluding hydrogens is 214 g/mol. The summed E-state index contributed by atoms with van der Waals surface area (Å²) in [6.07, 6.45) is 1.74. The Morgan fingerprint density at radius 3 is 2.65 bits per heavy atom. The molecule has 1 aromatic rings. The van der Waals surface area contributed by atoms with Crippen molar-refractivity contribution in [1.82, 2.24) is 5.32 Å². The van der Waals surface area contributed by atoms with Gasteiger partial charge >= 0.3 is 0 Å². The van der Waals surface area contributed by atoms with Crippen LogP contribution < -0.4 is 5.32 Å². The summed E-state index contributed by atoms with van der Waals surface area (Å²) in [7, 11) is 0. The zero-order valence-corrected chi connectivity index (χ0v) is 11.5. The highest BCUT2D eigenvalue weighted by molar-refractivity contribution is 5.15. The van der Waals surface area contributed by atoms with Crippen LogP contribution in [0.3, 0.4) is 0 Å². The van der Waals surface area contributed by atoms with Gasteiger partial charge in [0.2, 0.25) is 0 Å². The SMILES string of the molecule is CC(C)CNCc1occc1COCC(C)C. The number of hydrogen-bond acceptors (Lipinski definition) is 3. The first kappa shape index (κ1) is 14.3. The molecule has 0 spiro atoms. The Labute approximate surface area is 105 Å². The normalized spacial score (nSPS) is 11.6. The Morgan fingerprint density at radius 1 is 1.24 bits per heavy atom. The van der Waals surface area contributed by atoms with Crippen LogP contribution in [0.25, 0.3) is 0 Å². The number of hydrogen-bond donors (Lipinski definition) is 1. The van der Waals surface area contributed by atoms with E-state index in [0.717, 1.165) is 31.0 Å². The highest BCUT2D eigenvalue weighted by atomic mass is 16.5. The Bertz CT molecular complexity index is 276. The fourth-order valence-corrected chi connectivity index (χ4v) is 1.53. The molecule has 0 radical (unpaired) electrons. The summed E-state index contributed by atoms with van der Waals surface area (Å²) >= 11 is 0. The van der Waals surface area contributed by atoms with Gasteiger partial charge in [0, 0.05) is 12.2 Å². The van der Waals surface area contributed by atoms with Crippen molar-refractivity contribution in [2.75, 3.05) is 13.2 Å². The molecule has 0 unspecified atom stereocenters. The molecule has 0 amide bonds. The van der Waals surface area contributed by atoms with Crippen LogP contribution in [0.2, 0.25) is 0 Å². The van der Waals surface area contributed by atoms with E-state index in [4.69, 9.17) is 9.15 Å². The summed E-state index contributed by atoms with van der Waals surface area (Å²) in [5.74, 6) is 2.23. The van der Waals surface area contributed by atoms with Gasteiger partial charge in [-0.25, -0.2) is 0 Å². The van der Waals surface area contributed by atoms with E-state index in [0.29, 0.717) is 18.4 Å². The van der Waals surface area contributed by atoms with Gasteiger partial charge in [-0.3, -0.25) is 0 Å². The van der Waals surface area contributed by atoms with E-state index in [1.54, 1.807) is 6.26 Å². The largest absolute Gasteiger partial charge is 0.468 e. The van der Waals surface area contributed by atoms with Crippen molar-refractivity contribution >= 4 is 0 Å². The standard InChI is InChI=1S/C14H25NO2/c1-11(2)7-15-8-14-13(5-6-17-14)10-16-9-12(3)4/h5-6,11-12,15H,7-10H2,1-4H3. The summed E-state index contributed by atoms with van der Waals surface area (Å²) in [6, 6.07) is 1.99. The van der Waals surface area contributed by atoms with Crippen LogP contribution in [0.1, 0.15) is 39.0 Å². The average molecular weight is 239 g/mol. The Morgan fingerprint density at radius 2 is 2.00 bits per heavy atom. The quantitative estimate of drug-likeness (QED) is 0.756. The molecule has 1 N–H and O–H groups in total. The van der Waals surface area contributed by atoms with E-state index in [9.17, 15) is 0 Å². The second kappa shape index (κ2) is 7.51. The maximum absolute atomic E-state index is 5.62. The zero-order valence-electron chi connectivity index (χ0n) is 11.5. The van der Waals surface area contributed by atoms with Crippen molar-refractivity contribution in [3.63, 3.8) is 0 Å². The summed E-state index contributed by atoms with van der Waals surface area (Å²) in [5, 5.41) is 3.38. The van der Waals surface area contributed by atoms with Crippen molar-refractivity contribution in [2.24, 2.45) is 11.8 Å². The van der Waals surface area contributed by atoms with Crippen molar-refractivity contribution in [2.45, 2.75) is 40.8 Å². The highest BCUT2D eigenvalue weighted by Crippen LogP contribution is 2.12. The van der Waals surface area contributed by atoms with Crippen LogP contribution in [0, 0.1) is 11.8 Å². The number of rotatable bonds is 8. The van der Waals surface area contributed by atoms with E-state index >= 15 is 0 Å². The predicted molar refractivity (Wildman–Crippen MR) is 69.7 cm³/mol. The molecule has 0 bridgehead atoms. The first-order valence-corrected chi connectivity index (χ1v) is 6.43. The number of furan rings is 1. The molecule has 0 aliphatic rings. The van der Waals surface area contributed by atoms with Gasteiger partial charge in [-0.15, -0.1) is 0 Å². The molecule has 0 saturated heterocycles. The van der Waals surface area contributed by atoms with E-state index in [-0.39, 0.29) is 0 Å². The predicted octanol–water partition coefficient (Wildman–Crippen LogP) is 3.20. The third-order valence-electron chi connectivity index (χ3n) is 2.38. The topological polar surface area (TPSA) is 34.4 Å². The second-order valence-corrected chi connectivity index (χ2v) is 5.30. The van der Waals surface area contributed by atoms with E-state index in [2.05, 4.69) is 33.0 Å². The van der Waals surface area contributed by atoms with Crippen molar-refractivity contribution in [3.8, 4) is 0 Å². The van der Waals surface area contributed by atoms with Crippen LogP contribution in [0.15, 0.2) is 16.7 Å². The molecule has 1 rings (SSSR count). The molecule has 1 aromatic heterocycles. The van der Waals surface area contributed by atoms with Gasteiger partial charge in [-0.1, -0.05) is 27.7 Å². The van der Waals surface area contributed by atoms with Crippen LogP contribution in [-0.2, 0) is 17.9 Å². The van der Waals surface area contributed by atoms with E-state index < -0.39 is 0 Å². The lowest BCUT2D eigenvalue weighted by atomic mass is 10.2. The van der Waals surface area contributed by atoms with Crippen LogP contribution in [-0.4, -0.2) is 13.2 Å². The van der Waals surface area contributed by atoms with Crippen LogP contribution in [0.5, 0.6) is 0 Å². The Kier molecular flexibility index (Phi) is 6.30. The molecule has 3 nitrogen and oxygen atoms in total. The van der Waals surface area contributed by atoms with Crippen LogP contribution in [0.4, 0.5) is 0 Å². The molecule has 17 heavy (non-hydrogen) atoms. The van der Waals surface area contributed by atoms with Crippen molar-refractivity contribution in [1.29, 1.82) is 0 Å². The minimum Gasteiger partial charge on any atom is -0.468 e. The van der Waals surface area contributed by atoms with Gasteiger partial charge < -0.3 is 14.5 Å². The third-order valence-corrected chi connectivity index (χ3v) is 2.38. The minimum absolute atomic E-state index is 0.574. The Hall–Kier alpha value is -0.800. The van der Waals surface area contributed by atoms with Gasteiger partial charge in [-0.05, 0) is 24.4 Å². The van der Waals surface area contributed by atoms with Gasteiger partial charge in [0.1, 0.15) is 5.76 Å². The maximum atomic E-state index is 5.62. The fourth-order valence-electron chi connectivity index (χ4n) is 1.53. The smallest absolute Gasteiger partial charge is 0.123 e. The fraction of sp³-hybridized carbons (Fsp3) is 0.714. The lowest BCUT2D eigenvalue weighted by Crippen LogP contribution is -2.19. The molecule has 0 saturated carbocycles. The molecular formula is C14H25NO2. The van der Waals surface area contributed by atoms with Crippen LogP contribution >= 0.6 is 0 Å². The summed E-state index contributed by atoms with van der Waals surface area (Å²) < 4.78 is 11.1.